The number of amides is 1. The van der Waals surface area contributed by atoms with Crippen LogP contribution in [0.3, 0.4) is 0 Å². The van der Waals surface area contributed by atoms with Crippen LogP contribution in [0.1, 0.15) is 12.0 Å². The summed E-state index contributed by atoms with van der Waals surface area (Å²) in [5, 5.41) is 0. The van der Waals surface area contributed by atoms with E-state index in [2.05, 4.69) is 60.2 Å². The molecule has 0 N–H and O–H groups in total. The molecule has 0 radical (unpaired) electrons. The van der Waals surface area contributed by atoms with E-state index in [4.69, 9.17) is 13.6 Å². The molecule has 1 aliphatic heterocycles. The maximum Gasteiger partial charge on any atom is 0.476 e. The van der Waals surface area contributed by atoms with Gasteiger partial charge in [-0.25, -0.2) is 9.55 Å². The molecule has 7 nitrogen and oxygen atoms in total. The number of phosphoric ester groups is 1. The van der Waals surface area contributed by atoms with Crippen molar-refractivity contribution in [1.29, 1.82) is 0 Å². The van der Waals surface area contributed by atoms with Crippen LogP contribution >= 0.6 is 23.8 Å². The number of phosphoric acid groups is 1. The number of hydrogen-bond donors (Lipinski definition) is 0. The quantitative estimate of drug-likeness (QED) is 0.258. The number of fused-ring (bicyclic) bond motifs is 1. The molecule has 0 bridgehead atoms. The lowest BCUT2D eigenvalue weighted by Crippen LogP contribution is -2.37. The number of aromatic nitrogens is 1. The van der Waals surface area contributed by atoms with Gasteiger partial charge in [-0.3, -0.25) is 23.3 Å². The molecule has 1 aromatic heterocycles. The number of carbonyl (C=O) groups excluding carboxylic acids is 1. The number of nitrogens with zero attached hydrogens (tertiary/aromatic N) is 2. The van der Waals surface area contributed by atoms with Crippen molar-refractivity contribution < 1.29 is 22.9 Å². The highest BCUT2D eigenvalue weighted by atomic mass is 79.9. The highest BCUT2D eigenvalue weighted by molar-refractivity contribution is 9.10. The molecule has 0 saturated carbocycles. The Labute approximate surface area is 190 Å². The second kappa shape index (κ2) is 10.5. The van der Waals surface area contributed by atoms with E-state index in [-0.39, 0.29) is 12.6 Å². The van der Waals surface area contributed by atoms with Gasteiger partial charge in [-0.1, -0.05) is 39.3 Å². The Bertz CT molecular complexity index is 774. The van der Waals surface area contributed by atoms with Gasteiger partial charge < -0.3 is 0 Å². The molecule has 30 heavy (non-hydrogen) atoms. The highest BCUT2D eigenvalue weighted by Gasteiger charge is 2.33. The Morgan fingerprint density at radius 2 is 1.60 bits per heavy atom. The molecular formula is C19H34BrN2O5PSi2. The summed E-state index contributed by atoms with van der Waals surface area (Å²) in [6.07, 6.45) is 2.61. The third-order valence-electron chi connectivity index (χ3n) is 4.62. The zero-order chi connectivity index (χ0) is 22.6. The molecule has 0 spiro atoms. The van der Waals surface area contributed by atoms with Crippen molar-refractivity contribution in [2.75, 3.05) is 24.8 Å². The van der Waals surface area contributed by atoms with Crippen LogP contribution in [0.4, 0.5) is 5.82 Å². The van der Waals surface area contributed by atoms with Gasteiger partial charge in [0.25, 0.3) is 0 Å². The van der Waals surface area contributed by atoms with E-state index in [0.717, 1.165) is 22.1 Å². The topological polar surface area (TPSA) is 78.0 Å². The highest BCUT2D eigenvalue weighted by Crippen LogP contribution is 2.50. The summed E-state index contributed by atoms with van der Waals surface area (Å²) in [5.74, 6) is 0.415. The number of pyridine rings is 1. The lowest BCUT2D eigenvalue weighted by molar-refractivity contribution is -0.119. The van der Waals surface area contributed by atoms with Gasteiger partial charge in [-0.05, 0) is 46.1 Å². The summed E-state index contributed by atoms with van der Waals surface area (Å²) < 4.78 is 31.1. The lowest BCUT2D eigenvalue weighted by atomic mass is 10.1. The summed E-state index contributed by atoms with van der Waals surface area (Å²) in [4.78, 5) is 18.3. The van der Waals surface area contributed by atoms with Gasteiger partial charge in [-0.2, -0.15) is 0 Å². The summed E-state index contributed by atoms with van der Waals surface area (Å²) in [7, 11) is -6.53. The molecule has 0 aromatic carbocycles. The molecule has 0 atom stereocenters. The second-order valence-electron chi connectivity index (χ2n) is 9.95. The van der Waals surface area contributed by atoms with E-state index in [1.54, 1.807) is 6.20 Å². The van der Waals surface area contributed by atoms with E-state index < -0.39 is 24.0 Å². The fourth-order valence-electron chi connectivity index (χ4n) is 2.70. The van der Waals surface area contributed by atoms with E-state index in [9.17, 15) is 9.36 Å². The van der Waals surface area contributed by atoms with Crippen LogP contribution in [0.5, 0.6) is 0 Å². The Hall–Kier alpha value is -0.356. The number of hydrogen-bond acceptors (Lipinski definition) is 6. The Balaban J connectivity index is 2.09. The summed E-state index contributed by atoms with van der Waals surface area (Å²) in [6, 6.07) is 3.63. The van der Waals surface area contributed by atoms with E-state index in [0.29, 0.717) is 31.9 Å². The third-order valence-corrected chi connectivity index (χ3v) is 9.89. The summed E-state index contributed by atoms with van der Waals surface area (Å²) >= 11 is 3.41. The molecule has 0 saturated heterocycles. The minimum Gasteiger partial charge on any atom is -0.287 e. The van der Waals surface area contributed by atoms with Gasteiger partial charge in [0.1, 0.15) is 12.5 Å². The van der Waals surface area contributed by atoms with E-state index in [1.807, 2.05) is 6.07 Å². The van der Waals surface area contributed by atoms with Gasteiger partial charge in [0.05, 0.1) is 13.2 Å². The predicted octanol–water partition coefficient (Wildman–Crippen LogP) is 5.92. The fourth-order valence-corrected chi connectivity index (χ4v) is 5.96. The average molecular weight is 538 g/mol. The van der Waals surface area contributed by atoms with Crippen molar-refractivity contribution in [2.24, 2.45) is 0 Å². The minimum atomic E-state index is -3.79. The molecule has 170 valence electrons. The number of carbonyl (C=O) groups is 1. The standard InChI is InChI=1S/C19H34BrN2O5PSi2/c1-29(2,3)11-9-25-28(24,26-10-12-30(4,5)6)27-15-22-18(23)8-7-16-13-17(20)14-21-19(16)22/h13-14H,7-12,15H2,1-6H3. The first-order valence-corrected chi connectivity index (χ1v) is 19.9. The lowest BCUT2D eigenvalue weighted by Gasteiger charge is -2.29. The van der Waals surface area contributed by atoms with Crippen molar-refractivity contribution in [3.8, 4) is 0 Å². The van der Waals surface area contributed by atoms with Gasteiger partial charge in [0, 0.05) is 33.2 Å². The van der Waals surface area contributed by atoms with Crippen LogP contribution in [0.15, 0.2) is 16.7 Å². The van der Waals surface area contributed by atoms with Crippen molar-refractivity contribution in [3.05, 3.63) is 22.3 Å². The second-order valence-corrected chi connectivity index (χ2v) is 23.8. The van der Waals surface area contributed by atoms with Gasteiger partial charge in [0.15, 0.2) is 0 Å². The van der Waals surface area contributed by atoms with Crippen LogP contribution in [0.2, 0.25) is 51.4 Å². The van der Waals surface area contributed by atoms with Crippen LogP contribution in [-0.4, -0.2) is 47.0 Å². The van der Waals surface area contributed by atoms with Crippen LogP contribution in [0.25, 0.3) is 0 Å². The summed E-state index contributed by atoms with van der Waals surface area (Å²) in [5.41, 5.74) is 0.946. The molecule has 0 aliphatic carbocycles. The molecule has 1 amide bonds. The zero-order valence-corrected chi connectivity index (χ0v) is 23.3. The molecule has 11 heteroatoms. The minimum absolute atomic E-state index is 0.118. The number of halogens is 1. The maximum atomic E-state index is 13.3. The Kier molecular flexibility index (Phi) is 9.07. The van der Waals surface area contributed by atoms with E-state index >= 15 is 0 Å². The Morgan fingerprint density at radius 1 is 1.03 bits per heavy atom. The molecule has 2 heterocycles. The fraction of sp³-hybridized carbons (Fsp3) is 0.684. The monoisotopic (exact) mass is 536 g/mol. The van der Waals surface area contributed by atoms with Crippen molar-refractivity contribution >= 4 is 51.6 Å². The van der Waals surface area contributed by atoms with Gasteiger partial charge in [-0.15, -0.1) is 0 Å². The first-order chi connectivity index (χ1) is 13.8. The molecule has 0 fully saturated rings. The first-order valence-electron chi connectivity index (χ1n) is 10.3. The number of aryl methyl sites for hydroxylation is 1. The van der Waals surface area contributed by atoms with Crippen molar-refractivity contribution in [2.45, 2.75) is 64.2 Å². The largest absolute Gasteiger partial charge is 0.476 e. The van der Waals surface area contributed by atoms with Crippen molar-refractivity contribution in [1.82, 2.24) is 4.98 Å². The van der Waals surface area contributed by atoms with Crippen LogP contribution in [-0.2, 0) is 29.4 Å². The molecule has 0 unspecified atom stereocenters. The summed E-state index contributed by atoms with van der Waals surface area (Å²) in [6.45, 7) is 13.8. The Morgan fingerprint density at radius 3 is 2.13 bits per heavy atom. The predicted molar refractivity (Wildman–Crippen MR) is 130 cm³/mol. The van der Waals surface area contributed by atoms with Crippen LogP contribution < -0.4 is 4.90 Å². The molecule has 2 rings (SSSR count). The van der Waals surface area contributed by atoms with Crippen LogP contribution in [0, 0.1) is 0 Å². The molecular weight excluding hydrogens is 503 g/mol. The zero-order valence-electron chi connectivity index (χ0n) is 18.9. The third kappa shape index (κ3) is 8.65. The smallest absolute Gasteiger partial charge is 0.287 e. The molecule has 1 aliphatic rings. The van der Waals surface area contributed by atoms with Gasteiger partial charge in [0.2, 0.25) is 5.91 Å². The SMILES string of the molecule is C[Si](C)(C)CCOP(=O)(OCC[Si](C)(C)C)OCN1C(=O)CCc2cc(Br)cnc21. The van der Waals surface area contributed by atoms with Crippen molar-refractivity contribution in [3.63, 3.8) is 0 Å². The average Bonchev–Trinajstić information content (AvgIpc) is 2.59. The molecule has 1 aromatic rings. The van der Waals surface area contributed by atoms with Gasteiger partial charge >= 0.3 is 7.82 Å². The first kappa shape index (κ1) is 25.9. The maximum absolute atomic E-state index is 13.3. The normalized spacial score (nSPS) is 15.4. The number of rotatable bonds is 11. The van der Waals surface area contributed by atoms with E-state index in [1.165, 1.54) is 4.90 Å². The number of anilines is 1.